The zero-order valence-corrected chi connectivity index (χ0v) is 12.7. The monoisotopic (exact) mass is 364 g/mol. The Morgan fingerprint density at radius 2 is 1.05 bits per heavy atom. The maximum absolute atomic E-state index is 10.7. The fourth-order valence-corrected chi connectivity index (χ4v) is 2.71. The first-order valence-corrected chi connectivity index (χ1v) is 8.86. The second-order valence-electron chi connectivity index (χ2n) is 4.19. The van der Waals surface area contributed by atoms with Crippen LogP contribution in [0.2, 0.25) is 0 Å². The van der Waals surface area contributed by atoms with Gasteiger partial charge in [0.25, 0.3) is 20.2 Å². The summed E-state index contributed by atoms with van der Waals surface area (Å²) in [4.78, 5) is 21.5. The number of rotatable bonds is 11. The zero-order chi connectivity index (χ0) is 17.6. The maximum Gasteiger partial charge on any atom is 0.321 e. The van der Waals surface area contributed by atoms with Gasteiger partial charge in [-0.1, -0.05) is 0 Å². The summed E-state index contributed by atoms with van der Waals surface area (Å²) in [5.41, 5.74) is 0. The molecule has 0 saturated carbocycles. The average molecular weight is 364 g/mol. The third-order valence-corrected chi connectivity index (χ3v) is 3.77. The Morgan fingerprint density at radius 3 is 1.23 bits per heavy atom. The van der Waals surface area contributed by atoms with Gasteiger partial charge in [0.2, 0.25) is 0 Å². The molecule has 0 aliphatic carbocycles. The molecule has 0 aromatic rings. The third kappa shape index (κ3) is 10.4. The standard InChI is InChI=1S/C8H16N2O10S2/c11-7(12)5(3-21(15,16)17)9-1-2-10-6(8(13)14)4-22(18,19)20/h5-6,9-10H,1-4H2,(H,11,12)(H,13,14)(H,15,16,17)(H,18,19,20)/t5-,6-/m0/s1. The Kier molecular flexibility index (Phi) is 7.85. The second kappa shape index (κ2) is 8.35. The smallest absolute Gasteiger partial charge is 0.321 e. The minimum atomic E-state index is -4.53. The van der Waals surface area contributed by atoms with Crippen molar-refractivity contribution in [3.8, 4) is 0 Å². The summed E-state index contributed by atoms with van der Waals surface area (Å²) in [5, 5.41) is 21.9. The molecule has 14 heteroatoms. The van der Waals surface area contributed by atoms with Crippen molar-refractivity contribution in [1.82, 2.24) is 10.6 Å². The van der Waals surface area contributed by atoms with Gasteiger partial charge in [-0.15, -0.1) is 0 Å². The molecule has 0 aromatic heterocycles. The van der Waals surface area contributed by atoms with E-state index in [1.54, 1.807) is 0 Å². The van der Waals surface area contributed by atoms with Crippen LogP contribution in [0.25, 0.3) is 0 Å². The molecule has 6 N–H and O–H groups in total. The molecule has 22 heavy (non-hydrogen) atoms. The first kappa shape index (κ1) is 20.7. The van der Waals surface area contributed by atoms with E-state index in [0.717, 1.165) is 0 Å². The summed E-state index contributed by atoms with van der Waals surface area (Å²) in [6, 6.07) is -3.25. The van der Waals surface area contributed by atoms with Gasteiger partial charge in [-0.25, -0.2) is 0 Å². The van der Waals surface area contributed by atoms with Crippen molar-refractivity contribution in [1.29, 1.82) is 0 Å². The van der Waals surface area contributed by atoms with Gasteiger partial charge in [0.1, 0.15) is 23.6 Å². The molecule has 0 aliphatic heterocycles. The quantitative estimate of drug-likeness (QED) is 0.159. The molecule has 0 radical (unpaired) electrons. The molecular weight excluding hydrogens is 348 g/mol. The van der Waals surface area contributed by atoms with Gasteiger partial charge in [-0.2, -0.15) is 16.8 Å². The van der Waals surface area contributed by atoms with Crippen molar-refractivity contribution in [3.05, 3.63) is 0 Å². The van der Waals surface area contributed by atoms with E-state index in [4.69, 9.17) is 19.3 Å². The van der Waals surface area contributed by atoms with Crippen molar-refractivity contribution < 1.29 is 45.7 Å². The van der Waals surface area contributed by atoms with Gasteiger partial charge in [0, 0.05) is 13.1 Å². The zero-order valence-electron chi connectivity index (χ0n) is 11.0. The van der Waals surface area contributed by atoms with Crippen LogP contribution in [0.1, 0.15) is 0 Å². The van der Waals surface area contributed by atoms with Crippen LogP contribution >= 0.6 is 0 Å². The topological polar surface area (TPSA) is 207 Å². The maximum atomic E-state index is 10.7. The van der Waals surface area contributed by atoms with E-state index < -0.39 is 55.8 Å². The summed E-state index contributed by atoms with van der Waals surface area (Å²) in [7, 11) is -9.06. The van der Waals surface area contributed by atoms with E-state index in [1.807, 2.05) is 0 Å². The van der Waals surface area contributed by atoms with Gasteiger partial charge >= 0.3 is 11.9 Å². The van der Waals surface area contributed by atoms with Crippen molar-refractivity contribution >= 4 is 32.2 Å². The summed E-state index contributed by atoms with van der Waals surface area (Å²) in [6.45, 7) is -0.469. The van der Waals surface area contributed by atoms with Gasteiger partial charge in [0.15, 0.2) is 0 Å². The van der Waals surface area contributed by atoms with E-state index in [2.05, 4.69) is 10.6 Å². The van der Waals surface area contributed by atoms with E-state index in [9.17, 15) is 26.4 Å². The lowest BCUT2D eigenvalue weighted by atomic mass is 10.3. The molecule has 0 fully saturated rings. The lowest BCUT2D eigenvalue weighted by Gasteiger charge is -2.15. The first-order chi connectivity index (χ1) is 9.82. The largest absolute Gasteiger partial charge is 0.480 e. The molecule has 0 unspecified atom stereocenters. The molecule has 0 heterocycles. The molecule has 130 valence electrons. The fourth-order valence-electron chi connectivity index (χ4n) is 1.35. The molecular formula is C8H16N2O10S2. The molecule has 12 nitrogen and oxygen atoms in total. The number of hydrogen-bond donors (Lipinski definition) is 6. The number of aliphatic carboxylic acids is 2. The number of carboxylic acid groups (broad SMARTS) is 2. The number of hydrogen-bond acceptors (Lipinski definition) is 8. The van der Waals surface area contributed by atoms with Crippen LogP contribution in [0.5, 0.6) is 0 Å². The van der Waals surface area contributed by atoms with E-state index in [-0.39, 0.29) is 13.1 Å². The van der Waals surface area contributed by atoms with Crippen LogP contribution in [0, 0.1) is 0 Å². The molecule has 0 spiro atoms. The number of nitrogens with one attached hydrogen (secondary N) is 2. The molecule has 0 saturated heterocycles. The van der Waals surface area contributed by atoms with Crippen molar-refractivity contribution in [2.45, 2.75) is 12.1 Å². The highest BCUT2D eigenvalue weighted by atomic mass is 32.2. The Hall–Kier alpha value is -1.32. The van der Waals surface area contributed by atoms with Crippen LogP contribution in [-0.2, 0) is 29.8 Å². The molecule has 0 aromatic carbocycles. The lowest BCUT2D eigenvalue weighted by Crippen LogP contribution is -2.48. The van der Waals surface area contributed by atoms with E-state index >= 15 is 0 Å². The lowest BCUT2D eigenvalue weighted by molar-refractivity contribution is -0.140. The van der Waals surface area contributed by atoms with Gasteiger partial charge < -0.3 is 20.8 Å². The Bertz CT molecular complexity index is 544. The van der Waals surface area contributed by atoms with Crippen LogP contribution in [-0.4, -0.2) is 84.8 Å². The predicted octanol–water partition coefficient (Wildman–Crippen LogP) is -3.15. The minimum Gasteiger partial charge on any atom is -0.480 e. The molecule has 0 aliphatic rings. The summed E-state index contributed by atoms with van der Waals surface area (Å²) >= 11 is 0. The van der Waals surface area contributed by atoms with Crippen molar-refractivity contribution in [3.63, 3.8) is 0 Å². The van der Waals surface area contributed by atoms with Gasteiger partial charge in [-0.3, -0.25) is 18.7 Å². The minimum absolute atomic E-state index is 0.234. The normalized spacial score (nSPS) is 15.2. The van der Waals surface area contributed by atoms with Gasteiger partial charge in [0.05, 0.1) is 0 Å². The third-order valence-electron chi connectivity index (χ3n) is 2.26. The Labute approximate surface area is 126 Å². The predicted molar refractivity (Wildman–Crippen MR) is 71.7 cm³/mol. The Morgan fingerprint density at radius 1 is 0.773 bits per heavy atom. The van der Waals surface area contributed by atoms with Crippen molar-refractivity contribution in [2.75, 3.05) is 24.6 Å². The van der Waals surface area contributed by atoms with E-state index in [0.29, 0.717) is 0 Å². The van der Waals surface area contributed by atoms with Crippen LogP contribution < -0.4 is 10.6 Å². The second-order valence-corrected chi connectivity index (χ2v) is 7.18. The molecule has 0 rings (SSSR count). The van der Waals surface area contributed by atoms with Gasteiger partial charge in [-0.05, 0) is 0 Å². The first-order valence-electron chi connectivity index (χ1n) is 5.64. The fraction of sp³-hybridized carbons (Fsp3) is 0.750. The molecule has 0 amide bonds. The highest BCUT2D eigenvalue weighted by Crippen LogP contribution is 1.93. The highest BCUT2D eigenvalue weighted by molar-refractivity contribution is 7.86. The van der Waals surface area contributed by atoms with Crippen molar-refractivity contribution in [2.24, 2.45) is 0 Å². The highest BCUT2D eigenvalue weighted by Gasteiger charge is 2.25. The number of carboxylic acids is 2. The molecule has 0 bridgehead atoms. The van der Waals surface area contributed by atoms with Crippen LogP contribution in [0.3, 0.4) is 0 Å². The average Bonchev–Trinajstić information content (AvgIpc) is 2.27. The molecule has 2 atom stereocenters. The summed E-state index contributed by atoms with van der Waals surface area (Å²) in [5.74, 6) is -5.28. The SMILES string of the molecule is O=C(O)[C@H](CS(=O)(=O)O)NCCN[C@@H](CS(=O)(=O)O)C(=O)O. The number of carbonyl (C=O) groups is 2. The summed E-state index contributed by atoms with van der Waals surface area (Å²) < 4.78 is 59.5. The summed E-state index contributed by atoms with van der Waals surface area (Å²) in [6.07, 6.45) is 0. The van der Waals surface area contributed by atoms with Crippen LogP contribution in [0.15, 0.2) is 0 Å². The Balaban J connectivity index is 4.42. The van der Waals surface area contributed by atoms with E-state index in [1.165, 1.54) is 0 Å². The van der Waals surface area contributed by atoms with Crippen LogP contribution in [0.4, 0.5) is 0 Å².